The van der Waals surface area contributed by atoms with Gasteiger partial charge in [-0.3, -0.25) is 4.90 Å². The van der Waals surface area contributed by atoms with E-state index in [0.29, 0.717) is 5.56 Å². The van der Waals surface area contributed by atoms with Crippen molar-refractivity contribution in [2.75, 3.05) is 40.1 Å². The van der Waals surface area contributed by atoms with E-state index in [2.05, 4.69) is 4.90 Å². The number of methoxy groups -OCH3 is 1. The summed E-state index contributed by atoms with van der Waals surface area (Å²) >= 11 is 0. The number of carbonyl (C=O) groups excluding carboxylic acids is 1. The Morgan fingerprint density at radius 2 is 1.95 bits per heavy atom. The maximum Gasteiger partial charge on any atom is 0.337 e. The van der Waals surface area contributed by atoms with E-state index in [1.165, 1.54) is 12.7 Å². The first-order valence-corrected chi connectivity index (χ1v) is 7.31. The second-order valence-electron chi connectivity index (χ2n) is 5.69. The quantitative estimate of drug-likeness (QED) is 0.789. The molecule has 1 atom stereocenters. The van der Waals surface area contributed by atoms with E-state index >= 15 is 0 Å². The van der Waals surface area contributed by atoms with Crippen LogP contribution in [0.3, 0.4) is 0 Å². The Bertz CT molecular complexity index is 494. The van der Waals surface area contributed by atoms with E-state index in [4.69, 9.17) is 14.2 Å². The van der Waals surface area contributed by atoms with Gasteiger partial charge < -0.3 is 14.2 Å². The molecule has 0 bridgehead atoms. The molecule has 0 amide bonds. The molecule has 1 aromatic carbocycles. The second-order valence-corrected chi connectivity index (χ2v) is 5.69. The van der Waals surface area contributed by atoms with Gasteiger partial charge in [-0.05, 0) is 24.1 Å². The highest BCUT2D eigenvalue weighted by molar-refractivity contribution is 5.89. The predicted molar refractivity (Wildman–Crippen MR) is 77.2 cm³/mol. The summed E-state index contributed by atoms with van der Waals surface area (Å²) in [6.07, 6.45) is 1.02. The third-order valence-corrected chi connectivity index (χ3v) is 4.38. The number of morpholine rings is 1. The molecule has 0 aromatic heterocycles. The first-order valence-electron chi connectivity index (χ1n) is 7.31. The third-order valence-electron chi connectivity index (χ3n) is 4.38. The fourth-order valence-electron chi connectivity index (χ4n) is 3.06. The molecule has 3 rings (SSSR count). The third kappa shape index (κ3) is 2.95. The summed E-state index contributed by atoms with van der Waals surface area (Å²) in [4.78, 5) is 13.9. The van der Waals surface area contributed by atoms with Crippen molar-refractivity contribution in [2.24, 2.45) is 0 Å². The number of carbonyl (C=O) groups is 1. The van der Waals surface area contributed by atoms with Crippen LogP contribution >= 0.6 is 0 Å². The van der Waals surface area contributed by atoms with E-state index < -0.39 is 0 Å². The fourth-order valence-corrected chi connectivity index (χ4v) is 3.06. The predicted octanol–water partition coefficient (Wildman–Crippen LogP) is 1.46. The van der Waals surface area contributed by atoms with Gasteiger partial charge in [0.1, 0.15) is 0 Å². The lowest BCUT2D eigenvalue weighted by Gasteiger charge is -2.43. The maximum absolute atomic E-state index is 11.5. The molecule has 114 valence electrons. The number of hydrogen-bond donors (Lipinski definition) is 0. The van der Waals surface area contributed by atoms with Gasteiger partial charge in [-0.2, -0.15) is 0 Å². The van der Waals surface area contributed by atoms with Gasteiger partial charge in [0.2, 0.25) is 0 Å². The van der Waals surface area contributed by atoms with Crippen molar-refractivity contribution in [3.05, 3.63) is 35.4 Å². The molecule has 5 heteroatoms. The molecule has 2 heterocycles. The van der Waals surface area contributed by atoms with Crippen molar-refractivity contribution in [3.8, 4) is 0 Å². The van der Waals surface area contributed by atoms with Crippen molar-refractivity contribution in [1.82, 2.24) is 4.90 Å². The molecule has 2 fully saturated rings. The smallest absolute Gasteiger partial charge is 0.337 e. The molecule has 0 saturated carbocycles. The van der Waals surface area contributed by atoms with Gasteiger partial charge in [0.15, 0.2) is 0 Å². The molecular formula is C16H21NO4. The Hall–Kier alpha value is -1.43. The Morgan fingerprint density at radius 1 is 1.24 bits per heavy atom. The highest BCUT2D eigenvalue weighted by Gasteiger charge is 2.42. The van der Waals surface area contributed by atoms with Crippen molar-refractivity contribution >= 4 is 5.97 Å². The molecular weight excluding hydrogens is 270 g/mol. The monoisotopic (exact) mass is 291 g/mol. The van der Waals surface area contributed by atoms with Crippen molar-refractivity contribution in [2.45, 2.75) is 18.5 Å². The summed E-state index contributed by atoms with van der Waals surface area (Å²) in [7, 11) is 1.40. The molecule has 5 nitrogen and oxygen atoms in total. The SMILES string of the molecule is COC(=O)c1ccc(CN2CCOCC23CCOC3)cc1. The number of rotatable bonds is 3. The van der Waals surface area contributed by atoms with Crippen molar-refractivity contribution in [3.63, 3.8) is 0 Å². The van der Waals surface area contributed by atoms with Gasteiger partial charge >= 0.3 is 5.97 Å². The average molecular weight is 291 g/mol. The molecule has 0 radical (unpaired) electrons. The number of esters is 1. The first-order chi connectivity index (χ1) is 10.2. The minimum atomic E-state index is -0.298. The average Bonchev–Trinajstić information content (AvgIpc) is 2.99. The molecule has 21 heavy (non-hydrogen) atoms. The highest BCUT2D eigenvalue weighted by atomic mass is 16.5. The van der Waals surface area contributed by atoms with Gasteiger partial charge in [-0.25, -0.2) is 4.79 Å². The summed E-state index contributed by atoms with van der Waals surface area (Å²) in [6, 6.07) is 7.62. The molecule has 2 aliphatic rings. The summed E-state index contributed by atoms with van der Waals surface area (Å²) in [5, 5.41) is 0. The standard InChI is InChI=1S/C16H21NO4/c1-19-15(18)14-4-2-13(3-5-14)10-17-7-9-21-12-16(17)6-8-20-11-16/h2-5H,6-12H2,1H3. The Kier molecular flexibility index (Phi) is 4.24. The number of ether oxygens (including phenoxy) is 3. The van der Waals surface area contributed by atoms with E-state index in [-0.39, 0.29) is 11.5 Å². The maximum atomic E-state index is 11.5. The number of hydrogen-bond acceptors (Lipinski definition) is 5. The van der Waals surface area contributed by atoms with E-state index in [0.717, 1.165) is 45.9 Å². The zero-order chi connectivity index (χ0) is 14.7. The van der Waals surface area contributed by atoms with Gasteiger partial charge in [0.05, 0.1) is 38.0 Å². The summed E-state index contributed by atoms with van der Waals surface area (Å²) < 4.78 is 16.0. The summed E-state index contributed by atoms with van der Waals surface area (Å²) in [5.74, 6) is -0.298. The molecule has 1 unspecified atom stereocenters. The van der Waals surface area contributed by atoms with Crippen LogP contribution in [-0.2, 0) is 20.8 Å². The summed E-state index contributed by atoms with van der Waals surface area (Å²) in [5.41, 5.74) is 1.80. The van der Waals surface area contributed by atoms with Crippen LogP contribution < -0.4 is 0 Å². The molecule has 1 spiro atoms. The molecule has 0 N–H and O–H groups in total. The Morgan fingerprint density at radius 3 is 2.62 bits per heavy atom. The lowest BCUT2D eigenvalue weighted by Crippen LogP contribution is -2.56. The molecule has 0 aliphatic carbocycles. The Balaban J connectivity index is 1.71. The van der Waals surface area contributed by atoms with E-state index in [9.17, 15) is 4.79 Å². The van der Waals surface area contributed by atoms with Crippen LogP contribution in [0.1, 0.15) is 22.3 Å². The van der Waals surface area contributed by atoms with Crippen LogP contribution in [0.15, 0.2) is 24.3 Å². The van der Waals surface area contributed by atoms with Crippen molar-refractivity contribution < 1.29 is 19.0 Å². The van der Waals surface area contributed by atoms with Crippen LogP contribution in [-0.4, -0.2) is 56.5 Å². The van der Waals surface area contributed by atoms with Crippen LogP contribution in [0.25, 0.3) is 0 Å². The highest BCUT2D eigenvalue weighted by Crippen LogP contribution is 2.30. The van der Waals surface area contributed by atoms with E-state index in [1.807, 2.05) is 24.3 Å². The topological polar surface area (TPSA) is 48.0 Å². The summed E-state index contributed by atoms with van der Waals surface area (Å²) in [6.45, 7) is 4.83. The number of benzene rings is 1. The van der Waals surface area contributed by atoms with Gasteiger partial charge in [0.25, 0.3) is 0 Å². The first kappa shape index (κ1) is 14.5. The molecule has 2 saturated heterocycles. The van der Waals surface area contributed by atoms with E-state index in [1.54, 1.807) is 0 Å². The Labute approximate surface area is 124 Å². The fraction of sp³-hybridized carbons (Fsp3) is 0.562. The van der Waals surface area contributed by atoms with Crippen molar-refractivity contribution in [1.29, 1.82) is 0 Å². The zero-order valence-corrected chi connectivity index (χ0v) is 12.3. The second kappa shape index (κ2) is 6.13. The van der Waals surface area contributed by atoms with Gasteiger partial charge in [-0.1, -0.05) is 12.1 Å². The van der Waals surface area contributed by atoms with Gasteiger partial charge in [0, 0.05) is 19.7 Å². The molecule has 2 aliphatic heterocycles. The minimum Gasteiger partial charge on any atom is -0.465 e. The normalized spacial score (nSPS) is 26.1. The lowest BCUT2D eigenvalue weighted by molar-refractivity contribution is -0.0749. The zero-order valence-electron chi connectivity index (χ0n) is 12.3. The van der Waals surface area contributed by atoms with Crippen LogP contribution in [0.4, 0.5) is 0 Å². The van der Waals surface area contributed by atoms with Crippen LogP contribution in [0.5, 0.6) is 0 Å². The van der Waals surface area contributed by atoms with Crippen LogP contribution in [0.2, 0.25) is 0 Å². The largest absolute Gasteiger partial charge is 0.465 e. The number of nitrogens with zero attached hydrogens (tertiary/aromatic N) is 1. The lowest BCUT2D eigenvalue weighted by atomic mass is 9.95. The minimum absolute atomic E-state index is 0.0271. The van der Waals surface area contributed by atoms with Gasteiger partial charge in [-0.15, -0.1) is 0 Å². The molecule has 1 aromatic rings. The van der Waals surface area contributed by atoms with Crippen LogP contribution in [0, 0.1) is 0 Å².